The quantitative estimate of drug-likeness (QED) is 0.358. The van der Waals surface area contributed by atoms with Gasteiger partial charge in [-0.2, -0.15) is 0 Å². The van der Waals surface area contributed by atoms with Crippen molar-refractivity contribution in [2.75, 3.05) is 11.9 Å². The first-order valence-electron chi connectivity index (χ1n) is 11.6. The van der Waals surface area contributed by atoms with E-state index >= 15 is 0 Å². The van der Waals surface area contributed by atoms with Crippen LogP contribution in [0, 0.1) is 12.7 Å². The van der Waals surface area contributed by atoms with Crippen LogP contribution in [0.5, 0.6) is 0 Å². The van der Waals surface area contributed by atoms with Gasteiger partial charge in [0.25, 0.3) is 0 Å². The number of halogens is 1. The number of benzene rings is 1. The van der Waals surface area contributed by atoms with E-state index < -0.39 is 5.82 Å². The van der Waals surface area contributed by atoms with Crippen molar-refractivity contribution in [2.24, 2.45) is 0 Å². The van der Waals surface area contributed by atoms with E-state index in [2.05, 4.69) is 37.3 Å². The predicted molar refractivity (Wildman–Crippen MR) is 140 cm³/mol. The summed E-state index contributed by atoms with van der Waals surface area (Å²) in [5.41, 5.74) is 3.99. The number of para-hydroxylation sites is 1. The summed E-state index contributed by atoms with van der Waals surface area (Å²) in [6.45, 7) is 2.39. The van der Waals surface area contributed by atoms with Gasteiger partial charge in [0, 0.05) is 36.7 Å². The molecule has 182 valence electrons. The van der Waals surface area contributed by atoms with Crippen LogP contribution in [-0.2, 0) is 4.79 Å². The van der Waals surface area contributed by atoms with Crippen molar-refractivity contribution in [3.05, 3.63) is 108 Å². The molecule has 5 rings (SSSR count). The highest BCUT2D eigenvalue weighted by Gasteiger charge is 2.41. The molecule has 3 aromatic heterocycles. The van der Waals surface area contributed by atoms with E-state index in [-0.39, 0.29) is 30.1 Å². The Labute approximate surface area is 214 Å². The third kappa shape index (κ3) is 4.70. The monoisotopic (exact) mass is 500 g/mol. The van der Waals surface area contributed by atoms with Gasteiger partial charge in [-0.05, 0) is 67.7 Å². The zero-order chi connectivity index (χ0) is 25.1. The van der Waals surface area contributed by atoms with Gasteiger partial charge < -0.3 is 20.1 Å². The lowest BCUT2D eigenvalue weighted by atomic mass is 10.0. The minimum absolute atomic E-state index is 0.133. The van der Waals surface area contributed by atoms with Crippen LogP contribution in [0.4, 0.5) is 10.1 Å². The van der Waals surface area contributed by atoms with Gasteiger partial charge in [-0.25, -0.2) is 4.39 Å². The Morgan fingerprint density at radius 1 is 1.08 bits per heavy atom. The van der Waals surface area contributed by atoms with Gasteiger partial charge in [-0.1, -0.05) is 18.2 Å². The fraction of sp³-hybridized carbons (Fsp3) is 0.185. The molecule has 0 saturated carbocycles. The van der Waals surface area contributed by atoms with E-state index in [9.17, 15) is 9.18 Å². The SMILES string of the molecule is Cc1ccc([C@@H]2[C@H](c3ccccn3)NC(=S)N2CCC(=O)Nc2ccccc2F)n1-c1cccnc1. The first-order chi connectivity index (χ1) is 17.5. The number of carbonyl (C=O) groups excluding carboxylic acids is 1. The molecule has 2 atom stereocenters. The van der Waals surface area contributed by atoms with Crippen LogP contribution in [-0.4, -0.2) is 37.0 Å². The first-order valence-corrected chi connectivity index (χ1v) is 12.0. The average Bonchev–Trinajstić information content (AvgIpc) is 3.44. The summed E-state index contributed by atoms with van der Waals surface area (Å²) >= 11 is 5.74. The van der Waals surface area contributed by atoms with E-state index in [1.807, 2.05) is 48.4 Å². The van der Waals surface area contributed by atoms with Crippen molar-refractivity contribution in [3.8, 4) is 5.69 Å². The molecule has 0 bridgehead atoms. The summed E-state index contributed by atoms with van der Waals surface area (Å²) in [4.78, 5) is 23.6. The molecule has 1 aliphatic rings. The van der Waals surface area contributed by atoms with E-state index in [0.29, 0.717) is 11.7 Å². The lowest BCUT2D eigenvalue weighted by Crippen LogP contribution is -2.33. The molecule has 1 saturated heterocycles. The summed E-state index contributed by atoms with van der Waals surface area (Å²) in [6, 6.07) is 19.5. The maximum absolute atomic E-state index is 14.0. The van der Waals surface area contributed by atoms with Crippen LogP contribution in [0.1, 0.15) is 35.6 Å². The lowest BCUT2D eigenvalue weighted by molar-refractivity contribution is -0.116. The van der Waals surface area contributed by atoms with Gasteiger partial charge in [0.05, 0.1) is 35.3 Å². The van der Waals surface area contributed by atoms with Crippen LogP contribution in [0.25, 0.3) is 5.69 Å². The standard InChI is InChI=1S/C27H25FN6OS/c1-18-11-12-23(34(18)19-7-6-14-29-17-19)26-25(22-10-4-5-15-30-22)32-27(36)33(26)16-13-24(35)31-21-9-3-2-8-20(21)28/h2-12,14-15,17,25-26H,13,16H2,1H3,(H,31,35)(H,32,36)/t25-,26+/m0/s1. The molecule has 4 aromatic rings. The van der Waals surface area contributed by atoms with Crippen molar-refractivity contribution in [1.82, 2.24) is 24.8 Å². The summed E-state index contributed by atoms with van der Waals surface area (Å²) in [7, 11) is 0. The Morgan fingerprint density at radius 3 is 2.67 bits per heavy atom. The molecule has 1 amide bonds. The molecule has 7 nitrogen and oxygen atoms in total. The molecular weight excluding hydrogens is 475 g/mol. The third-order valence-corrected chi connectivity index (χ3v) is 6.59. The summed E-state index contributed by atoms with van der Waals surface area (Å²) in [5.74, 6) is -0.760. The van der Waals surface area contributed by atoms with E-state index in [4.69, 9.17) is 12.2 Å². The molecule has 9 heteroatoms. The molecule has 1 aliphatic heterocycles. The molecule has 4 heterocycles. The number of pyridine rings is 2. The molecule has 2 N–H and O–H groups in total. The van der Waals surface area contributed by atoms with Crippen LogP contribution < -0.4 is 10.6 Å². The highest BCUT2D eigenvalue weighted by Crippen LogP contribution is 2.40. The number of anilines is 1. The zero-order valence-corrected chi connectivity index (χ0v) is 20.5. The van der Waals surface area contributed by atoms with Crippen molar-refractivity contribution in [1.29, 1.82) is 0 Å². The Bertz CT molecular complexity index is 1380. The Hall–Kier alpha value is -4.11. The second-order valence-corrected chi connectivity index (χ2v) is 8.93. The maximum atomic E-state index is 14.0. The second kappa shape index (κ2) is 10.2. The van der Waals surface area contributed by atoms with Gasteiger partial charge in [-0.3, -0.25) is 14.8 Å². The smallest absolute Gasteiger partial charge is 0.226 e. The van der Waals surface area contributed by atoms with E-state index in [1.54, 1.807) is 30.6 Å². The number of rotatable bonds is 7. The lowest BCUT2D eigenvalue weighted by Gasteiger charge is -2.29. The van der Waals surface area contributed by atoms with Crippen LogP contribution in [0.2, 0.25) is 0 Å². The molecule has 0 spiro atoms. The molecule has 0 unspecified atom stereocenters. The average molecular weight is 501 g/mol. The summed E-state index contributed by atoms with van der Waals surface area (Å²) < 4.78 is 16.2. The number of aryl methyl sites for hydroxylation is 1. The first kappa shape index (κ1) is 23.6. The van der Waals surface area contributed by atoms with Crippen molar-refractivity contribution in [2.45, 2.75) is 25.4 Å². The Morgan fingerprint density at radius 2 is 1.92 bits per heavy atom. The summed E-state index contributed by atoms with van der Waals surface area (Å²) in [5, 5.41) is 6.60. The van der Waals surface area contributed by atoms with Gasteiger partial charge in [0.2, 0.25) is 5.91 Å². The number of thiocarbonyl (C=S) groups is 1. The van der Waals surface area contributed by atoms with Crippen LogP contribution in [0.3, 0.4) is 0 Å². The Balaban J connectivity index is 1.47. The largest absolute Gasteiger partial charge is 0.352 e. The van der Waals surface area contributed by atoms with Gasteiger partial charge in [0.1, 0.15) is 5.82 Å². The molecule has 1 aromatic carbocycles. The molecule has 36 heavy (non-hydrogen) atoms. The van der Waals surface area contributed by atoms with E-state index in [1.165, 1.54) is 6.07 Å². The number of nitrogens with one attached hydrogen (secondary N) is 2. The Kier molecular flexibility index (Phi) is 6.73. The highest BCUT2D eigenvalue weighted by atomic mass is 32.1. The van der Waals surface area contributed by atoms with E-state index in [0.717, 1.165) is 22.8 Å². The molecule has 0 aliphatic carbocycles. The molecule has 0 radical (unpaired) electrons. The third-order valence-electron chi connectivity index (χ3n) is 6.24. The number of aromatic nitrogens is 3. The fourth-order valence-electron chi connectivity index (χ4n) is 4.59. The van der Waals surface area contributed by atoms with Crippen molar-refractivity contribution in [3.63, 3.8) is 0 Å². The number of hydrogen-bond acceptors (Lipinski definition) is 4. The van der Waals surface area contributed by atoms with Crippen molar-refractivity contribution >= 4 is 28.9 Å². The predicted octanol–water partition coefficient (Wildman–Crippen LogP) is 4.72. The van der Waals surface area contributed by atoms with Gasteiger partial charge >= 0.3 is 0 Å². The fourth-order valence-corrected chi connectivity index (χ4v) is 4.93. The number of nitrogens with zero attached hydrogens (tertiary/aromatic N) is 4. The van der Waals surface area contributed by atoms with Crippen LogP contribution in [0.15, 0.2) is 85.3 Å². The van der Waals surface area contributed by atoms with Crippen LogP contribution >= 0.6 is 12.2 Å². The maximum Gasteiger partial charge on any atom is 0.226 e. The minimum atomic E-state index is -0.470. The highest BCUT2D eigenvalue weighted by molar-refractivity contribution is 7.80. The zero-order valence-electron chi connectivity index (χ0n) is 19.6. The number of hydrogen-bond donors (Lipinski definition) is 2. The minimum Gasteiger partial charge on any atom is -0.352 e. The topological polar surface area (TPSA) is 75.1 Å². The van der Waals surface area contributed by atoms with Gasteiger partial charge in [0.15, 0.2) is 5.11 Å². The van der Waals surface area contributed by atoms with Crippen molar-refractivity contribution < 1.29 is 9.18 Å². The normalized spacial score (nSPS) is 17.2. The molecular formula is C27H25FN6OS. The second-order valence-electron chi connectivity index (χ2n) is 8.54. The number of amides is 1. The molecule has 1 fully saturated rings. The van der Waals surface area contributed by atoms with Gasteiger partial charge in [-0.15, -0.1) is 0 Å². The number of carbonyl (C=O) groups is 1. The summed E-state index contributed by atoms with van der Waals surface area (Å²) in [6.07, 6.45) is 5.45.